The van der Waals surface area contributed by atoms with Crippen molar-refractivity contribution in [2.24, 2.45) is 0 Å². The highest BCUT2D eigenvalue weighted by Crippen LogP contribution is 2.30. The van der Waals surface area contributed by atoms with Crippen molar-refractivity contribution in [2.75, 3.05) is 0 Å². The number of fused-ring (bicyclic) bond motifs is 3. The molecule has 0 amide bonds. The van der Waals surface area contributed by atoms with E-state index in [-0.39, 0.29) is 5.76 Å². The number of carbonyl (C=O) groups is 1. The fourth-order valence-corrected chi connectivity index (χ4v) is 1.93. The van der Waals surface area contributed by atoms with Crippen LogP contribution in [0.4, 0.5) is 0 Å². The normalized spacial score (nSPS) is 11.3. The number of hydrogen-bond donors (Lipinski definition) is 2. The molecule has 2 heterocycles. The zero-order valence-corrected chi connectivity index (χ0v) is 8.71. The third-order valence-corrected chi connectivity index (χ3v) is 2.70. The molecule has 2 N–H and O–H groups in total. The second-order valence-corrected chi connectivity index (χ2v) is 3.91. The van der Waals surface area contributed by atoms with E-state index >= 15 is 0 Å². The average Bonchev–Trinajstić information content (AvgIpc) is 2.75. The molecule has 0 saturated carbocycles. The summed E-state index contributed by atoms with van der Waals surface area (Å²) >= 11 is 5.88. The maximum Gasteiger partial charge on any atom is 0.371 e. The van der Waals surface area contributed by atoms with Crippen LogP contribution in [0.25, 0.3) is 22.0 Å². The molecule has 0 spiro atoms. The van der Waals surface area contributed by atoms with Crippen molar-refractivity contribution in [3.8, 4) is 0 Å². The van der Waals surface area contributed by atoms with Gasteiger partial charge >= 0.3 is 5.97 Å². The van der Waals surface area contributed by atoms with Gasteiger partial charge in [-0.1, -0.05) is 11.6 Å². The van der Waals surface area contributed by atoms with Crippen LogP contribution in [0.5, 0.6) is 0 Å². The predicted octanol–water partition coefficient (Wildman–Crippen LogP) is 3.27. The summed E-state index contributed by atoms with van der Waals surface area (Å²) in [6, 6.07) is 6.86. The third kappa shape index (κ3) is 1.20. The molecule has 0 aliphatic heterocycles. The molecule has 80 valence electrons. The molecule has 0 aliphatic rings. The molecule has 0 radical (unpaired) electrons. The standard InChI is InChI=1S/C11H6ClNO3/c12-5-1-2-8-6(3-5)7-4-9(11(14)15)16-10(7)13-8/h1-4,13H,(H,14,15). The summed E-state index contributed by atoms with van der Waals surface area (Å²) in [5.41, 5.74) is 1.32. The van der Waals surface area contributed by atoms with Crippen molar-refractivity contribution in [3.05, 3.63) is 35.0 Å². The first kappa shape index (κ1) is 9.30. The lowest BCUT2D eigenvalue weighted by Gasteiger charge is -1.90. The van der Waals surface area contributed by atoms with Gasteiger partial charge in [-0.25, -0.2) is 4.79 Å². The topological polar surface area (TPSA) is 66.2 Å². The number of aromatic carboxylic acids is 1. The van der Waals surface area contributed by atoms with E-state index in [1.54, 1.807) is 12.1 Å². The van der Waals surface area contributed by atoms with Crippen LogP contribution in [0.3, 0.4) is 0 Å². The van der Waals surface area contributed by atoms with Gasteiger partial charge in [-0.05, 0) is 18.2 Å². The lowest BCUT2D eigenvalue weighted by Crippen LogP contribution is -1.91. The molecule has 2 aromatic heterocycles. The number of carboxylic acids is 1. The van der Waals surface area contributed by atoms with Gasteiger partial charge in [0.15, 0.2) is 0 Å². The Morgan fingerprint density at radius 2 is 2.12 bits per heavy atom. The minimum absolute atomic E-state index is 0.0804. The monoisotopic (exact) mass is 235 g/mol. The Balaban J connectivity index is 2.40. The largest absolute Gasteiger partial charge is 0.475 e. The van der Waals surface area contributed by atoms with Gasteiger partial charge in [0.25, 0.3) is 0 Å². The second-order valence-electron chi connectivity index (χ2n) is 3.47. The van der Waals surface area contributed by atoms with Crippen LogP contribution in [0.15, 0.2) is 28.7 Å². The van der Waals surface area contributed by atoms with Crippen LogP contribution in [-0.2, 0) is 0 Å². The van der Waals surface area contributed by atoms with E-state index in [1.165, 1.54) is 6.07 Å². The van der Waals surface area contributed by atoms with Gasteiger partial charge in [-0.3, -0.25) is 0 Å². The van der Waals surface area contributed by atoms with E-state index in [0.717, 1.165) is 16.3 Å². The zero-order valence-electron chi connectivity index (χ0n) is 7.95. The first-order chi connectivity index (χ1) is 7.65. The highest BCUT2D eigenvalue weighted by molar-refractivity contribution is 6.31. The number of rotatable bonds is 1. The molecule has 0 unspecified atom stereocenters. The Morgan fingerprint density at radius 3 is 2.88 bits per heavy atom. The van der Waals surface area contributed by atoms with Crippen LogP contribution < -0.4 is 0 Å². The highest BCUT2D eigenvalue weighted by atomic mass is 35.5. The van der Waals surface area contributed by atoms with E-state index in [2.05, 4.69) is 4.98 Å². The van der Waals surface area contributed by atoms with Crippen LogP contribution in [-0.4, -0.2) is 16.1 Å². The quantitative estimate of drug-likeness (QED) is 0.680. The summed E-state index contributed by atoms with van der Waals surface area (Å²) < 4.78 is 5.16. The van der Waals surface area contributed by atoms with E-state index < -0.39 is 5.97 Å². The van der Waals surface area contributed by atoms with Crippen molar-refractivity contribution in [3.63, 3.8) is 0 Å². The summed E-state index contributed by atoms with van der Waals surface area (Å²) in [6.45, 7) is 0. The molecule has 0 aliphatic carbocycles. The predicted molar refractivity (Wildman–Crippen MR) is 60.0 cm³/mol. The Bertz CT molecular complexity index is 710. The molecule has 0 saturated heterocycles. The Kier molecular flexibility index (Phi) is 1.76. The van der Waals surface area contributed by atoms with Gasteiger partial charge in [0, 0.05) is 27.4 Å². The van der Waals surface area contributed by atoms with Crippen LogP contribution in [0.1, 0.15) is 10.6 Å². The minimum atomic E-state index is -1.08. The zero-order chi connectivity index (χ0) is 11.3. The summed E-state index contributed by atoms with van der Waals surface area (Å²) in [4.78, 5) is 13.7. The lowest BCUT2D eigenvalue weighted by atomic mass is 10.2. The first-order valence-corrected chi connectivity index (χ1v) is 4.97. The minimum Gasteiger partial charge on any atom is -0.475 e. The molecule has 5 heteroatoms. The molecule has 0 fully saturated rings. The smallest absolute Gasteiger partial charge is 0.371 e. The summed E-state index contributed by atoms with van der Waals surface area (Å²) in [5, 5.41) is 11.0. The highest BCUT2D eigenvalue weighted by Gasteiger charge is 2.14. The summed E-state index contributed by atoms with van der Waals surface area (Å²) in [5.74, 6) is -1.16. The van der Waals surface area contributed by atoms with Crippen molar-refractivity contribution >= 4 is 39.6 Å². The van der Waals surface area contributed by atoms with Crippen molar-refractivity contribution in [1.29, 1.82) is 0 Å². The van der Waals surface area contributed by atoms with Gasteiger partial charge in [0.05, 0.1) is 0 Å². The van der Waals surface area contributed by atoms with E-state index in [9.17, 15) is 4.79 Å². The third-order valence-electron chi connectivity index (χ3n) is 2.46. The van der Waals surface area contributed by atoms with E-state index in [1.807, 2.05) is 6.07 Å². The first-order valence-electron chi connectivity index (χ1n) is 4.59. The molecule has 3 rings (SSSR count). The Morgan fingerprint density at radius 1 is 1.31 bits per heavy atom. The summed E-state index contributed by atoms with van der Waals surface area (Å²) in [6.07, 6.45) is 0. The van der Waals surface area contributed by atoms with Crippen LogP contribution >= 0.6 is 11.6 Å². The lowest BCUT2D eigenvalue weighted by molar-refractivity contribution is 0.0664. The Hall–Kier alpha value is -1.94. The molecule has 4 nitrogen and oxygen atoms in total. The Labute approximate surface area is 94.4 Å². The molecule has 0 bridgehead atoms. The van der Waals surface area contributed by atoms with Crippen molar-refractivity contribution < 1.29 is 14.3 Å². The average molecular weight is 236 g/mol. The molecular formula is C11H6ClNO3. The second kappa shape index (κ2) is 3.02. The maximum absolute atomic E-state index is 10.7. The number of benzene rings is 1. The molecular weight excluding hydrogens is 230 g/mol. The van der Waals surface area contributed by atoms with Gasteiger partial charge < -0.3 is 14.5 Å². The number of nitrogens with one attached hydrogen (secondary N) is 1. The number of furan rings is 1. The molecule has 16 heavy (non-hydrogen) atoms. The molecule has 0 atom stereocenters. The maximum atomic E-state index is 10.7. The fourth-order valence-electron chi connectivity index (χ4n) is 1.76. The number of aromatic amines is 1. The van der Waals surface area contributed by atoms with Gasteiger partial charge in [-0.2, -0.15) is 0 Å². The van der Waals surface area contributed by atoms with Crippen molar-refractivity contribution in [2.45, 2.75) is 0 Å². The van der Waals surface area contributed by atoms with Crippen LogP contribution in [0.2, 0.25) is 5.02 Å². The van der Waals surface area contributed by atoms with Crippen LogP contribution in [0, 0.1) is 0 Å². The number of halogens is 1. The molecule has 3 aromatic rings. The van der Waals surface area contributed by atoms with E-state index in [4.69, 9.17) is 21.1 Å². The van der Waals surface area contributed by atoms with Crippen molar-refractivity contribution in [1.82, 2.24) is 4.98 Å². The molecule has 1 aromatic carbocycles. The number of hydrogen-bond acceptors (Lipinski definition) is 2. The van der Waals surface area contributed by atoms with Gasteiger partial charge in [-0.15, -0.1) is 0 Å². The number of aromatic nitrogens is 1. The van der Waals surface area contributed by atoms with Gasteiger partial charge in [0.2, 0.25) is 11.5 Å². The number of H-pyrrole nitrogens is 1. The SMILES string of the molecule is O=C(O)c1cc2c([nH]c3ccc(Cl)cc32)o1. The van der Waals surface area contributed by atoms with E-state index in [0.29, 0.717) is 10.7 Å². The van der Waals surface area contributed by atoms with Gasteiger partial charge in [0.1, 0.15) is 0 Å². The fraction of sp³-hybridized carbons (Fsp3) is 0. The summed E-state index contributed by atoms with van der Waals surface area (Å²) in [7, 11) is 0. The number of carboxylic acid groups (broad SMARTS) is 1.